The second kappa shape index (κ2) is 12.2. The summed E-state index contributed by atoms with van der Waals surface area (Å²) in [5.74, 6) is -1.30. The molecule has 0 spiro atoms. The number of nitrogens with one attached hydrogen (secondary N) is 2. The molecule has 1 aromatic heterocycles. The van der Waals surface area contributed by atoms with Crippen molar-refractivity contribution < 1.29 is 18.6 Å². The first-order chi connectivity index (χ1) is 19.0. The zero-order chi connectivity index (χ0) is 29.0. The molecule has 2 heterocycles. The number of nitrogens with zero attached hydrogens (tertiary/aromatic N) is 5. The van der Waals surface area contributed by atoms with Gasteiger partial charge in [-0.05, 0) is 65.4 Å². The molecule has 0 saturated carbocycles. The topological polar surface area (TPSA) is 125 Å². The zero-order valence-corrected chi connectivity index (χ0v) is 23.6. The number of anilines is 6. The summed E-state index contributed by atoms with van der Waals surface area (Å²) in [5.41, 5.74) is 7.53. The number of hydrogen-bond acceptors (Lipinski definition) is 10. The maximum Gasteiger partial charge on any atom is 0.232 e. The zero-order valence-electron chi connectivity index (χ0n) is 23.6. The quantitative estimate of drug-likeness (QED) is 0.246. The van der Waals surface area contributed by atoms with Crippen molar-refractivity contribution in [3.8, 4) is 5.75 Å². The highest BCUT2D eigenvalue weighted by atomic mass is 19.2. The third kappa shape index (κ3) is 6.50. The summed E-state index contributed by atoms with van der Waals surface area (Å²) in [6.45, 7) is 5.19. The lowest BCUT2D eigenvalue weighted by Gasteiger charge is -2.29. The third-order valence-electron chi connectivity index (χ3n) is 7.34. The molecule has 0 amide bonds. The molecule has 1 aliphatic rings. The number of aliphatic hydroxyl groups is 1. The fraction of sp³-hybridized carbons (Fsp3) is 0.464. The standard InChI is InChI=1S/C28H38F2N8O2/c1-6-28(2,39)18-12-19(29)20(30)13-22(18)34-26-32-16-33-27(36-26)35-23-14-21(31)24(15-25(23)40-5)38-10-7-8-17(38)9-11-37(3)4/h12-17,39H,6-11,31H2,1-5H3,(H2,32,33,34,35,36)/t17-,28?/m1/s1. The highest BCUT2D eigenvalue weighted by Gasteiger charge is 2.28. The Morgan fingerprint density at radius 1 is 1.12 bits per heavy atom. The lowest BCUT2D eigenvalue weighted by molar-refractivity contribution is 0.0534. The molecule has 2 aromatic carbocycles. The van der Waals surface area contributed by atoms with Gasteiger partial charge < -0.3 is 36.0 Å². The highest BCUT2D eigenvalue weighted by Crippen LogP contribution is 2.40. The molecule has 1 unspecified atom stereocenters. The Kier molecular flexibility index (Phi) is 8.89. The number of halogens is 2. The summed E-state index contributed by atoms with van der Waals surface area (Å²) in [6.07, 6.45) is 4.82. The van der Waals surface area contributed by atoms with Crippen molar-refractivity contribution in [3.63, 3.8) is 0 Å². The van der Waals surface area contributed by atoms with E-state index in [0.29, 0.717) is 23.2 Å². The van der Waals surface area contributed by atoms with Gasteiger partial charge in [-0.2, -0.15) is 4.98 Å². The molecule has 0 bridgehead atoms. The van der Waals surface area contributed by atoms with Crippen LogP contribution in [0.2, 0.25) is 0 Å². The van der Waals surface area contributed by atoms with E-state index in [1.807, 2.05) is 6.07 Å². The van der Waals surface area contributed by atoms with E-state index in [1.54, 1.807) is 20.1 Å². The Hall–Kier alpha value is -3.77. The molecule has 40 heavy (non-hydrogen) atoms. The smallest absolute Gasteiger partial charge is 0.232 e. The molecule has 0 aliphatic carbocycles. The molecule has 0 radical (unpaired) electrons. The van der Waals surface area contributed by atoms with Crippen LogP contribution in [0.5, 0.6) is 5.75 Å². The molecule has 216 valence electrons. The minimum atomic E-state index is -1.40. The summed E-state index contributed by atoms with van der Waals surface area (Å²) in [4.78, 5) is 17.2. The summed E-state index contributed by atoms with van der Waals surface area (Å²) in [5, 5.41) is 16.8. The number of nitrogen functional groups attached to an aromatic ring is 1. The maximum atomic E-state index is 14.1. The van der Waals surface area contributed by atoms with Gasteiger partial charge in [0.1, 0.15) is 12.1 Å². The van der Waals surface area contributed by atoms with Crippen LogP contribution in [0, 0.1) is 11.6 Å². The fourth-order valence-corrected chi connectivity index (χ4v) is 4.91. The van der Waals surface area contributed by atoms with Gasteiger partial charge in [0.25, 0.3) is 0 Å². The van der Waals surface area contributed by atoms with E-state index in [9.17, 15) is 13.9 Å². The third-order valence-corrected chi connectivity index (χ3v) is 7.34. The second-order valence-corrected chi connectivity index (χ2v) is 10.5. The minimum Gasteiger partial charge on any atom is -0.494 e. The van der Waals surface area contributed by atoms with E-state index in [1.165, 1.54) is 13.3 Å². The van der Waals surface area contributed by atoms with E-state index in [-0.39, 0.29) is 29.6 Å². The van der Waals surface area contributed by atoms with Gasteiger partial charge in [0.05, 0.1) is 35.5 Å². The summed E-state index contributed by atoms with van der Waals surface area (Å²) in [6, 6.07) is 6.06. The fourth-order valence-electron chi connectivity index (χ4n) is 4.91. The van der Waals surface area contributed by atoms with Gasteiger partial charge in [0.2, 0.25) is 11.9 Å². The molecule has 10 nitrogen and oxygen atoms in total. The van der Waals surface area contributed by atoms with Crippen molar-refractivity contribution in [3.05, 3.63) is 47.8 Å². The van der Waals surface area contributed by atoms with E-state index < -0.39 is 17.2 Å². The van der Waals surface area contributed by atoms with E-state index >= 15 is 0 Å². The van der Waals surface area contributed by atoms with Crippen LogP contribution in [0.25, 0.3) is 0 Å². The average Bonchev–Trinajstić information content (AvgIpc) is 3.38. The number of ether oxygens (including phenoxy) is 1. The van der Waals surface area contributed by atoms with Crippen LogP contribution in [0.1, 0.15) is 45.1 Å². The molecule has 3 aromatic rings. The molecule has 5 N–H and O–H groups in total. The van der Waals surface area contributed by atoms with Gasteiger partial charge in [-0.15, -0.1) is 0 Å². The van der Waals surface area contributed by atoms with Crippen molar-refractivity contribution >= 4 is 34.6 Å². The SMILES string of the molecule is CCC(C)(O)c1cc(F)c(F)cc1Nc1ncnc(Nc2cc(N)c(N3CCC[C@@H]3CCN(C)C)cc2OC)n1. The van der Waals surface area contributed by atoms with E-state index in [2.05, 4.69) is 49.5 Å². The predicted octanol–water partition coefficient (Wildman–Crippen LogP) is 4.77. The first-order valence-electron chi connectivity index (χ1n) is 13.4. The number of nitrogens with two attached hydrogens (primary N) is 1. The molecule has 1 saturated heterocycles. The Labute approximate surface area is 233 Å². The lowest BCUT2D eigenvalue weighted by Crippen LogP contribution is -2.32. The number of rotatable bonds is 11. The molecule has 12 heteroatoms. The molecule has 1 aliphatic heterocycles. The first kappa shape index (κ1) is 29.2. The number of methoxy groups -OCH3 is 1. The Morgan fingerprint density at radius 2 is 1.80 bits per heavy atom. The molecular formula is C28H38F2N8O2. The predicted molar refractivity (Wildman–Crippen MR) is 154 cm³/mol. The maximum absolute atomic E-state index is 14.1. The first-order valence-corrected chi connectivity index (χ1v) is 13.4. The van der Waals surface area contributed by atoms with Crippen LogP contribution in [-0.4, -0.2) is 65.3 Å². The number of aromatic nitrogens is 3. The minimum absolute atomic E-state index is 0.0704. The Morgan fingerprint density at radius 3 is 2.45 bits per heavy atom. The van der Waals surface area contributed by atoms with Gasteiger partial charge in [0.15, 0.2) is 11.6 Å². The van der Waals surface area contributed by atoms with Crippen molar-refractivity contribution in [2.45, 2.75) is 51.2 Å². The number of hydrogen-bond donors (Lipinski definition) is 4. The van der Waals surface area contributed by atoms with Gasteiger partial charge >= 0.3 is 0 Å². The highest BCUT2D eigenvalue weighted by molar-refractivity contribution is 5.79. The molecule has 1 fully saturated rings. The Bertz CT molecular complexity index is 1340. The van der Waals surface area contributed by atoms with Crippen LogP contribution in [0.15, 0.2) is 30.6 Å². The van der Waals surface area contributed by atoms with Crippen molar-refractivity contribution in [1.82, 2.24) is 19.9 Å². The van der Waals surface area contributed by atoms with Crippen LogP contribution in [0.4, 0.5) is 43.4 Å². The molecule has 2 atom stereocenters. The molecular weight excluding hydrogens is 518 g/mol. The summed E-state index contributed by atoms with van der Waals surface area (Å²) >= 11 is 0. The van der Waals surface area contributed by atoms with Crippen LogP contribution in [0.3, 0.4) is 0 Å². The number of benzene rings is 2. The summed E-state index contributed by atoms with van der Waals surface area (Å²) < 4.78 is 33.8. The van der Waals surface area contributed by atoms with Gasteiger partial charge in [-0.1, -0.05) is 6.92 Å². The van der Waals surface area contributed by atoms with Crippen molar-refractivity contribution in [2.24, 2.45) is 0 Å². The normalized spacial score (nSPS) is 16.7. The van der Waals surface area contributed by atoms with Crippen molar-refractivity contribution in [1.29, 1.82) is 0 Å². The van der Waals surface area contributed by atoms with E-state index in [4.69, 9.17) is 10.5 Å². The average molecular weight is 557 g/mol. The van der Waals surface area contributed by atoms with Gasteiger partial charge in [0, 0.05) is 30.3 Å². The van der Waals surface area contributed by atoms with Crippen LogP contribution >= 0.6 is 0 Å². The summed E-state index contributed by atoms with van der Waals surface area (Å²) in [7, 11) is 5.73. The Balaban J connectivity index is 1.58. The lowest BCUT2D eigenvalue weighted by atomic mass is 9.91. The molecule has 4 rings (SSSR count). The van der Waals surface area contributed by atoms with Crippen LogP contribution in [-0.2, 0) is 5.60 Å². The van der Waals surface area contributed by atoms with Crippen LogP contribution < -0.4 is 26.0 Å². The van der Waals surface area contributed by atoms with E-state index in [0.717, 1.165) is 50.2 Å². The van der Waals surface area contributed by atoms with Gasteiger partial charge in [-0.25, -0.2) is 18.7 Å². The van der Waals surface area contributed by atoms with Gasteiger partial charge in [-0.3, -0.25) is 0 Å². The monoisotopic (exact) mass is 556 g/mol. The largest absolute Gasteiger partial charge is 0.494 e. The van der Waals surface area contributed by atoms with Crippen molar-refractivity contribution in [2.75, 3.05) is 55.6 Å². The second-order valence-electron chi connectivity index (χ2n) is 10.5.